The second-order valence-corrected chi connectivity index (χ2v) is 13.1. The summed E-state index contributed by atoms with van der Waals surface area (Å²) in [5, 5.41) is 6.68. The molecule has 14 heteroatoms. The number of pyridine rings is 1. The van der Waals surface area contributed by atoms with Gasteiger partial charge in [0.1, 0.15) is 17.9 Å². The fourth-order valence-electron chi connectivity index (χ4n) is 5.63. The van der Waals surface area contributed by atoms with Crippen molar-refractivity contribution in [1.82, 2.24) is 25.2 Å². The predicted molar refractivity (Wildman–Crippen MR) is 193 cm³/mol. The highest BCUT2D eigenvalue weighted by molar-refractivity contribution is 6.42. The van der Waals surface area contributed by atoms with Crippen LogP contribution < -0.4 is 16.4 Å². The number of para-hydroxylation sites is 1. The van der Waals surface area contributed by atoms with Crippen LogP contribution >= 0.6 is 23.2 Å². The Morgan fingerprint density at radius 2 is 1.82 bits per heavy atom. The van der Waals surface area contributed by atoms with Crippen LogP contribution in [0.25, 0.3) is 27.5 Å². The number of nitrogens with two attached hydrogens (primary N) is 1. The zero-order chi connectivity index (χ0) is 36.0. The Balaban J connectivity index is 1.11. The largest absolute Gasteiger partial charge is 0.382 e. The number of amides is 2. The lowest BCUT2D eigenvalue weighted by Gasteiger charge is -2.27. The third kappa shape index (κ3) is 8.56. The van der Waals surface area contributed by atoms with E-state index in [0.29, 0.717) is 43.3 Å². The molecular formula is C36H38Cl2N6O6. The van der Waals surface area contributed by atoms with Gasteiger partial charge in [0.15, 0.2) is 17.4 Å². The van der Waals surface area contributed by atoms with Crippen LogP contribution in [0.4, 0.5) is 5.82 Å². The first-order valence-electron chi connectivity index (χ1n) is 16.2. The summed E-state index contributed by atoms with van der Waals surface area (Å²) in [6.45, 7) is 7.89. The number of imidazole rings is 1. The first-order valence-corrected chi connectivity index (χ1v) is 16.9. The monoisotopic (exact) mass is 720 g/mol. The summed E-state index contributed by atoms with van der Waals surface area (Å²) in [6.07, 6.45) is 3.98. The van der Waals surface area contributed by atoms with Gasteiger partial charge in [-0.05, 0) is 63.6 Å². The number of carbonyl (C=O) groups excluding carboxylic acids is 4. The molecule has 2 amide bonds. The molecule has 0 unspecified atom stereocenters. The van der Waals surface area contributed by atoms with E-state index in [1.165, 1.54) is 12.1 Å². The van der Waals surface area contributed by atoms with Crippen molar-refractivity contribution < 1.29 is 28.7 Å². The van der Waals surface area contributed by atoms with Crippen LogP contribution in [0.3, 0.4) is 0 Å². The van der Waals surface area contributed by atoms with Gasteiger partial charge in [-0.3, -0.25) is 19.2 Å². The maximum atomic E-state index is 12.9. The van der Waals surface area contributed by atoms with Crippen LogP contribution in [0.2, 0.25) is 10.0 Å². The van der Waals surface area contributed by atoms with Crippen LogP contribution in [0.1, 0.15) is 55.4 Å². The minimum Gasteiger partial charge on any atom is -0.382 e. The molecule has 4 N–H and O–H groups in total. The van der Waals surface area contributed by atoms with Crippen LogP contribution in [-0.2, 0) is 37.0 Å². The van der Waals surface area contributed by atoms with Crippen molar-refractivity contribution >= 4 is 79.9 Å². The van der Waals surface area contributed by atoms with Crippen LogP contribution in [0.15, 0.2) is 54.6 Å². The van der Waals surface area contributed by atoms with Crippen molar-refractivity contribution in [3.8, 4) is 0 Å². The minimum absolute atomic E-state index is 0.00324. The number of fused-ring (bicyclic) bond motifs is 3. The summed E-state index contributed by atoms with van der Waals surface area (Å²) in [6, 6.07) is 10.6. The zero-order valence-corrected chi connectivity index (χ0v) is 29.5. The van der Waals surface area contributed by atoms with E-state index in [4.69, 9.17) is 43.4 Å². The number of hydrogen-bond acceptors (Lipinski definition) is 9. The number of carbonyl (C=O) groups is 4. The van der Waals surface area contributed by atoms with E-state index in [9.17, 15) is 19.2 Å². The normalized spacial score (nSPS) is 13.3. The third-order valence-electron chi connectivity index (χ3n) is 7.97. The summed E-state index contributed by atoms with van der Waals surface area (Å²) in [5.74, 6) is -0.451. The van der Waals surface area contributed by atoms with E-state index in [1.54, 1.807) is 0 Å². The van der Waals surface area contributed by atoms with E-state index < -0.39 is 17.3 Å². The van der Waals surface area contributed by atoms with Crippen LogP contribution in [0.5, 0.6) is 0 Å². The smallest absolute Gasteiger partial charge is 0.252 e. The van der Waals surface area contributed by atoms with Gasteiger partial charge in [-0.1, -0.05) is 41.4 Å². The van der Waals surface area contributed by atoms with Gasteiger partial charge in [-0.15, -0.1) is 0 Å². The molecule has 4 aromatic rings. The molecule has 0 aliphatic heterocycles. The van der Waals surface area contributed by atoms with Crippen LogP contribution in [-0.4, -0.2) is 69.8 Å². The Kier molecular flexibility index (Phi) is 11.7. The molecule has 262 valence electrons. The number of aromatic nitrogens is 3. The number of nitrogen functional groups attached to an aromatic ring is 1. The zero-order valence-electron chi connectivity index (χ0n) is 28.0. The standard InChI is InChI=1S/C36H38Cl2N6O6/c1-4-49-19-29-43-32-33(23-8-5-6-9-27(23)42-34(32)39)44(29)20-36(2,3)50-15-14-40-30(47)10-7-13-41-35(48)26-17-21(37)16-25(31(26)38)24-18-22(45)11-12-28(24)46/h5-6,8-9,11-12,16-18H,4,7,10,13-15,19-20H2,1-3H3,(H2,39,42)(H,40,47)(H,41,48). The quantitative estimate of drug-likeness (QED) is 0.110. The van der Waals surface area contributed by atoms with E-state index in [-0.39, 0.29) is 64.6 Å². The van der Waals surface area contributed by atoms with Crippen molar-refractivity contribution in [1.29, 1.82) is 0 Å². The van der Waals surface area contributed by atoms with Gasteiger partial charge < -0.3 is 30.4 Å². The summed E-state index contributed by atoms with van der Waals surface area (Å²) >= 11 is 12.7. The molecule has 0 saturated carbocycles. The molecule has 2 aromatic carbocycles. The molecule has 0 bridgehead atoms. The lowest BCUT2D eigenvalue weighted by atomic mass is 9.94. The molecule has 1 aliphatic carbocycles. The summed E-state index contributed by atoms with van der Waals surface area (Å²) in [5.41, 5.74) is 8.21. The summed E-state index contributed by atoms with van der Waals surface area (Å²) < 4.78 is 14.0. The number of benzene rings is 2. The molecular weight excluding hydrogens is 683 g/mol. The van der Waals surface area contributed by atoms with Gasteiger partial charge in [-0.2, -0.15) is 0 Å². The molecule has 2 heterocycles. The SMILES string of the molecule is CCOCc1nc2c(N)nc3ccccc3c2n1CC(C)(C)OCCNC(=O)CCCNC(=O)c1cc(Cl)cc(C2=CC(=O)C=CC2=O)c1Cl. The van der Waals surface area contributed by atoms with Crippen molar-refractivity contribution in [3.63, 3.8) is 0 Å². The first kappa shape index (κ1) is 36.7. The average Bonchev–Trinajstić information content (AvgIpc) is 3.44. The molecule has 50 heavy (non-hydrogen) atoms. The Hall–Kier alpha value is -4.62. The fraction of sp³-hybridized carbons (Fsp3) is 0.333. The van der Waals surface area contributed by atoms with Crippen molar-refractivity contribution in [2.75, 3.05) is 32.0 Å². The number of nitrogens with zero attached hydrogens (tertiary/aromatic N) is 3. The second-order valence-electron chi connectivity index (χ2n) is 12.3. The molecule has 0 radical (unpaired) electrons. The van der Waals surface area contributed by atoms with Crippen molar-refractivity contribution in [3.05, 3.63) is 81.6 Å². The number of nitrogens with one attached hydrogen (secondary N) is 2. The lowest BCUT2D eigenvalue weighted by Crippen LogP contribution is -2.35. The summed E-state index contributed by atoms with van der Waals surface area (Å²) in [4.78, 5) is 58.9. The molecule has 12 nitrogen and oxygen atoms in total. The number of anilines is 1. The molecule has 0 saturated heterocycles. The predicted octanol–water partition coefficient (Wildman–Crippen LogP) is 5.22. The van der Waals surface area contributed by atoms with E-state index >= 15 is 0 Å². The fourth-order valence-corrected chi connectivity index (χ4v) is 6.14. The highest BCUT2D eigenvalue weighted by Gasteiger charge is 2.26. The minimum atomic E-state index is -0.642. The van der Waals surface area contributed by atoms with E-state index in [2.05, 4.69) is 20.2 Å². The Morgan fingerprint density at radius 3 is 2.60 bits per heavy atom. The molecule has 0 atom stereocenters. The molecule has 0 fully saturated rings. The maximum Gasteiger partial charge on any atom is 0.252 e. The Labute approximate surface area is 299 Å². The molecule has 2 aromatic heterocycles. The average molecular weight is 722 g/mol. The summed E-state index contributed by atoms with van der Waals surface area (Å²) in [7, 11) is 0. The molecule has 0 spiro atoms. The van der Waals surface area contributed by atoms with Gasteiger partial charge in [0.2, 0.25) is 5.91 Å². The third-order valence-corrected chi connectivity index (χ3v) is 8.60. The number of ketones is 2. The van der Waals surface area contributed by atoms with Crippen LogP contribution in [0, 0.1) is 0 Å². The number of rotatable bonds is 15. The van der Waals surface area contributed by atoms with Gasteiger partial charge in [0.05, 0.1) is 40.4 Å². The van der Waals surface area contributed by atoms with Gasteiger partial charge in [0, 0.05) is 47.7 Å². The highest BCUT2D eigenvalue weighted by Crippen LogP contribution is 2.33. The number of ether oxygens (including phenoxy) is 2. The molecule has 1 aliphatic rings. The van der Waals surface area contributed by atoms with E-state index in [1.807, 2.05) is 45.0 Å². The van der Waals surface area contributed by atoms with E-state index in [0.717, 1.165) is 34.6 Å². The van der Waals surface area contributed by atoms with Crippen molar-refractivity contribution in [2.45, 2.75) is 52.4 Å². The first-order chi connectivity index (χ1) is 23.9. The van der Waals surface area contributed by atoms with Gasteiger partial charge in [0.25, 0.3) is 5.91 Å². The Morgan fingerprint density at radius 1 is 1.04 bits per heavy atom. The number of allylic oxidation sites excluding steroid dienone is 4. The highest BCUT2D eigenvalue weighted by atomic mass is 35.5. The second kappa shape index (κ2) is 15.9. The number of halogens is 2. The Bertz CT molecular complexity index is 2040. The van der Waals surface area contributed by atoms with Crippen molar-refractivity contribution in [2.24, 2.45) is 0 Å². The molecule has 5 rings (SSSR count). The van der Waals surface area contributed by atoms with Gasteiger partial charge >= 0.3 is 0 Å². The van der Waals surface area contributed by atoms with Gasteiger partial charge in [-0.25, -0.2) is 9.97 Å². The topological polar surface area (TPSA) is 168 Å². The number of hydrogen-bond donors (Lipinski definition) is 3. The lowest BCUT2D eigenvalue weighted by molar-refractivity contribution is -0.122. The maximum absolute atomic E-state index is 12.9.